The monoisotopic (exact) mass is 484 g/mol. The summed E-state index contributed by atoms with van der Waals surface area (Å²) >= 11 is 0. The van der Waals surface area contributed by atoms with Crippen LogP contribution in [-0.2, 0) is 11.6 Å². The number of Topliss-reactive ketones (excluding diaryl/α,β-unsaturated/α-hetero) is 1. The lowest BCUT2D eigenvalue weighted by Crippen LogP contribution is -2.28. The molecule has 2 aromatic carbocycles. The number of nitrogens with zero attached hydrogens (tertiary/aromatic N) is 1. The fraction of sp³-hybridized carbons (Fsp3) is 0.370. The van der Waals surface area contributed by atoms with Crippen LogP contribution >= 0.6 is 0 Å². The summed E-state index contributed by atoms with van der Waals surface area (Å²) in [5.74, 6) is 0.761. The molecule has 0 radical (unpaired) electrons. The van der Waals surface area contributed by atoms with Gasteiger partial charge in [0.25, 0.3) is 5.56 Å². The third kappa shape index (κ3) is 5.47. The lowest BCUT2D eigenvalue weighted by atomic mass is 9.83. The molecular formula is C27H27F3N2O3. The van der Waals surface area contributed by atoms with E-state index in [9.17, 15) is 22.8 Å². The first kappa shape index (κ1) is 24.7. The van der Waals surface area contributed by atoms with Crippen molar-refractivity contribution in [3.8, 4) is 5.75 Å². The molecule has 4 rings (SSSR count). The van der Waals surface area contributed by atoms with E-state index < -0.39 is 22.7 Å². The number of aromatic amines is 1. The van der Waals surface area contributed by atoms with Gasteiger partial charge in [-0.25, -0.2) is 4.98 Å². The number of benzene rings is 2. The Balaban J connectivity index is 1.60. The van der Waals surface area contributed by atoms with Gasteiger partial charge in [0.1, 0.15) is 17.3 Å². The molecule has 184 valence electrons. The third-order valence-electron chi connectivity index (χ3n) is 6.69. The minimum Gasteiger partial charge on any atom is -0.497 e. The van der Waals surface area contributed by atoms with Crippen molar-refractivity contribution >= 4 is 5.78 Å². The second-order valence-corrected chi connectivity index (χ2v) is 9.52. The third-order valence-corrected chi connectivity index (χ3v) is 6.69. The molecule has 1 N–H and O–H groups in total. The fourth-order valence-corrected chi connectivity index (χ4v) is 4.32. The largest absolute Gasteiger partial charge is 0.497 e. The van der Waals surface area contributed by atoms with E-state index in [0.29, 0.717) is 17.1 Å². The molecule has 35 heavy (non-hydrogen) atoms. The normalized spacial score (nSPS) is 15.0. The topological polar surface area (TPSA) is 72.0 Å². The Morgan fingerprint density at radius 1 is 1.06 bits per heavy atom. The van der Waals surface area contributed by atoms with Crippen molar-refractivity contribution < 1.29 is 22.7 Å². The summed E-state index contributed by atoms with van der Waals surface area (Å²) in [6, 6.07) is 13.6. The van der Waals surface area contributed by atoms with Gasteiger partial charge in [0.05, 0.1) is 12.7 Å². The standard InChI is InChI=1S/C27H27F3N2O3/c1-26(2,18-10-12-20(35-3)13-11-18)25-31-22(15-24(34)32-25)23(33)14-21(16-4-5-16)17-6-8-19(9-7-17)27(28,29)30/h6-13,15-16,21H,4-5,14H2,1-3H3,(H,31,32,34)/t21-/m1/s1. The smallest absolute Gasteiger partial charge is 0.416 e. The number of alkyl halides is 3. The number of hydrogen-bond donors (Lipinski definition) is 1. The highest BCUT2D eigenvalue weighted by molar-refractivity contribution is 5.94. The van der Waals surface area contributed by atoms with Crippen LogP contribution in [0.4, 0.5) is 13.2 Å². The molecule has 0 bridgehead atoms. The van der Waals surface area contributed by atoms with E-state index in [-0.39, 0.29) is 29.7 Å². The summed E-state index contributed by atoms with van der Waals surface area (Å²) in [6.45, 7) is 3.80. The Hall–Kier alpha value is -3.42. The van der Waals surface area contributed by atoms with E-state index in [1.807, 2.05) is 38.1 Å². The number of H-pyrrole nitrogens is 1. The van der Waals surface area contributed by atoms with Crippen molar-refractivity contribution in [2.24, 2.45) is 5.92 Å². The number of rotatable bonds is 8. The average molecular weight is 485 g/mol. The van der Waals surface area contributed by atoms with Gasteiger partial charge in [0.15, 0.2) is 5.78 Å². The van der Waals surface area contributed by atoms with Gasteiger partial charge in [-0.2, -0.15) is 13.2 Å². The molecule has 3 aromatic rings. The first-order valence-corrected chi connectivity index (χ1v) is 11.5. The predicted molar refractivity (Wildman–Crippen MR) is 126 cm³/mol. The Morgan fingerprint density at radius 3 is 2.20 bits per heavy atom. The van der Waals surface area contributed by atoms with Crippen molar-refractivity contribution in [3.05, 3.63) is 93.2 Å². The zero-order chi connectivity index (χ0) is 25.4. The number of ether oxygens (including phenoxy) is 1. The fourth-order valence-electron chi connectivity index (χ4n) is 4.32. The number of halogens is 3. The molecule has 8 heteroatoms. The van der Waals surface area contributed by atoms with Gasteiger partial charge in [-0.15, -0.1) is 0 Å². The van der Waals surface area contributed by atoms with Gasteiger partial charge in [-0.1, -0.05) is 24.3 Å². The maximum Gasteiger partial charge on any atom is 0.416 e. The SMILES string of the molecule is COc1ccc(C(C)(C)c2nc(C(=O)C[C@@H](c3ccc(C(F)(F)F)cc3)C3CC3)cc(=O)[nH]2)cc1. The number of carbonyl (C=O) groups is 1. The lowest BCUT2D eigenvalue weighted by molar-refractivity contribution is -0.137. The molecule has 1 fully saturated rings. The molecule has 1 atom stereocenters. The number of hydrogen-bond acceptors (Lipinski definition) is 4. The molecule has 0 aliphatic heterocycles. The quantitative estimate of drug-likeness (QED) is 0.405. The molecular weight excluding hydrogens is 457 g/mol. The number of carbonyl (C=O) groups excluding carboxylic acids is 1. The van der Waals surface area contributed by atoms with Crippen LogP contribution in [0.1, 0.15) is 72.0 Å². The molecule has 1 aliphatic rings. The zero-order valence-corrected chi connectivity index (χ0v) is 19.8. The summed E-state index contributed by atoms with van der Waals surface area (Å²) < 4.78 is 44.1. The number of aromatic nitrogens is 2. The maximum absolute atomic E-state index is 13.2. The van der Waals surface area contributed by atoms with E-state index in [4.69, 9.17) is 4.74 Å². The first-order chi connectivity index (χ1) is 16.5. The highest BCUT2D eigenvalue weighted by atomic mass is 19.4. The van der Waals surface area contributed by atoms with Gasteiger partial charge >= 0.3 is 6.18 Å². The van der Waals surface area contributed by atoms with Crippen LogP contribution in [-0.4, -0.2) is 22.9 Å². The van der Waals surface area contributed by atoms with Gasteiger partial charge < -0.3 is 9.72 Å². The van der Waals surface area contributed by atoms with Crippen LogP contribution in [0.3, 0.4) is 0 Å². The molecule has 0 saturated heterocycles. The van der Waals surface area contributed by atoms with Crippen LogP contribution < -0.4 is 10.3 Å². The Kier molecular flexibility index (Phi) is 6.58. The van der Waals surface area contributed by atoms with Crippen LogP contribution in [0.2, 0.25) is 0 Å². The summed E-state index contributed by atoms with van der Waals surface area (Å²) in [5, 5.41) is 0. The van der Waals surface area contributed by atoms with E-state index in [2.05, 4.69) is 9.97 Å². The van der Waals surface area contributed by atoms with Gasteiger partial charge in [0.2, 0.25) is 0 Å². The van der Waals surface area contributed by atoms with Crippen LogP contribution in [0.5, 0.6) is 5.75 Å². The summed E-state index contributed by atoms with van der Waals surface area (Å²) in [5.41, 5.74) is -0.210. The lowest BCUT2D eigenvalue weighted by Gasteiger charge is -2.25. The van der Waals surface area contributed by atoms with Crippen molar-refractivity contribution in [3.63, 3.8) is 0 Å². The van der Waals surface area contributed by atoms with E-state index in [0.717, 1.165) is 30.5 Å². The number of ketones is 1. The molecule has 1 aromatic heterocycles. The molecule has 0 amide bonds. The highest BCUT2D eigenvalue weighted by Gasteiger charge is 2.36. The molecule has 1 aliphatic carbocycles. The second kappa shape index (κ2) is 9.32. The Labute approximate surface area is 201 Å². The Morgan fingerprint density at radius 2 is 1.66 bits per heavy atom. The molecule has 1 heterocycles. The van der Waals surface area contributed by atoms with E-state index in [1.54, 1.807) is 7.11 Å². The minimum absolute atomic E-state index is 0.0582. The number of methoxy groups -OCH3 is 1. The predicted octanol–water partition coefficient (Wildman–Crippen LogP) is 5.89. The van der Waals surface area contributed by atoms with Crippen molar-refractivity contribution in [1.82, 2.24) is 9.97 Å². The van der Waals surface area contributed by atoms with Crippen LogP contribution in [0, 0.1) is 5.92 Å². The molecule has 0 unspecified atom stereocenters. The van der Waals surface area contributed by atoms with Crippen molar-refractivity contribution in [2.45, 2.75) is 50.6 Å². The number of nitrogens with one attached hydrogen (secondary N) is 1. The van der Waals surface area contributed by atoms with Crippen molar-refractivity contribution in [1.29, 1.82) is 0 Å². The zero-order valence-electron chi connectivity index (χ0n) is 19.8. The van der Waals surface area contributed by atoms with Crippen molar-refractivity contribution in [2.75, 3.05) is 7.11 Å². The van der Waals surface area contributed by atoms with Gasteiger partial charge in [0, 0.05) is 17.9 Å². The van der Waals surface area contributed by atoms with Gasteiger partial charge in [-0.3, -0.25) is 9.59 Å². The minimum atomic E-state index is -4.41. The maximum atomic E-state index is 13.2. The summed E-state index contributed by atoms with van der Waals surface area (Å²) in [4.78, 5) is 32.9. The molecule has 5 nitrogen and oxygen atoms in total. The van der Waals surface area contributed by atoms with Gasteiger partial charge in [-0.05, 0) is 73.9 Å². The molecule has 0 spiro atoms. The summed E-state index contributed by atoms with van der Waals surface area (Å²) in [6.07, 6.45) is -2.50. The second-order valence-electron chi connectivity index (χ2n) is 9.52. The first-order valence-electron chi connectivity index (χ1n) is 11.5. The van der Waals surface area contributed by atoms with Crippen LogP contribution in [0.15, 0.2) is 59.4 Å². The molecule has 1 saturated carbocycles. The summed E-state index contributed by atoms with van der Waals surface area (Å²) in [7, 11) is 1.58. The van der Waals surface area contributed by atoms with E-state index in [1.165, 1.54) is 18.2 Å². The van der Waals surface area contributed by atoms with E-state index >= 15 is 0 Å². The average Bonchev–Trinajstić information content (AvgIpc) is 3.67. The Bertz CT molecular complexity index is 1260. The highest BCUT2D eigenvalue weighted by Crippen LogP contribution is 2.45. The van der Waals surface area contributed by atoms with Crippen LogP contribution in [0.25, 0.3) is 0 Å².